The topological polar surface area (TPSA) is 46.5 Å². The van der Waals surface area contributed by atoms with E-state index >= 15 is 0 Å². The summed E-state index contributed by atoms with van der Waals surface area (Å²) in [7, 11) is 0. The number of aromatic amines is 1. The highest BCUT2D eigenvalue weighted by atomic mass is 19.1. The Morgan fingerprint density at radius 2 is 1.93 bits per heavy atom. The largest absolute Gasteiger partial charge is 0.346 e. The average Bonchev–Trinajstić information content (AvgIpc) is 3.28. The third kappa shape index (κ3) is 2.83. The minimum Gasteiger partial charge on any atom is -0.346 e. The highest BCUT2D eigenvalue weighted by molar-refractivity contribution is 5.95. The maximum Gasteiger partial charge on any atom is 0.137 e. The number of rotatable bonds is 4. The zero-order valence-corrected chi connectivity index (χ0v) is 15.2. The van der Waals surface area contributed by atoms with E-state index < -0.39 is 0 Å². The number of aromatic nitrogens is 4. The van der Waals surface area contributed by atoms with Gasteiger partial charge in [0, 0.05) is 35.5 Å². The van der Waals surface area contributed by atoms with Gasteiger partial charge in [0.1, 0.15) is 11.5 Å². The van der Waals surface area contributed by atoms with Crippen LogP contribution in [-0.2, 0) is 6.54 Å². The molecule has 27 heavy (non-hydrogen) atoms. The highest BCUT2D eigenvalue weighted by Crippen LogP contribution is 2.39. The first-order chi connectivity index (χ1) is 13.2. The van der Waals surface area contributed by atoms with Gasteiger partial charge < -0.3 is 9.55 Å². The van der Waals surface area contributed by atoms with E-state index in [2.05, 4.69) is 27.5 Å². The lowest BCUT2D eigenvalue weighted by Crippen LogP contribution is -2.25. The molecule has 0 aliphatic heterocycles. The standard InChI is InChI=1S/C22H21FN4/c1-14-10-15(11-14)12-27-13-26-20(16-2-4-17(23)5-3-16)21(27)18-6-8-24-22-19(18)7-9-25-22/h2-9,13-15H,10-12H2,1H3,(H,24,25). The number of imidazole rings is 1. The summed E-state index contributed by atoms with van der Waals surface area (Å²) in [5.41, 5.74) is 4.85. The minimum absolute atomic E-state index is 0.236. The van der Waals surface area contributed by atoms with Crippen LogP contribution in [0, 0.1) is 17.7 Å². The fourth-order valence-electron chi connectivity index (χ4n) is 4.29. The molecule has 0 saturated heterocycles. The molecule has 0 radical (unpaired) electrons. The minimum atomic E-state index is -0.236. The summed E-state index contributed by atoms with van der Waals surface area (Å²) < 4.78 is 15.7. The van der Waals surface area contributed by atoms with Crippen LogP contribution in [0.4, 0.5) is 4.39 Å². The summed E-state index contributed by atoms with van der Waals surface area (Å²) in [4.78, 5) is 12.3. The van der Waals surface area contributed by atoms with Gasteiger partial charge >= 0.3 is 0 Å². The van der Waals surface area contributed by atoms with Gasteiger partial charge in [-0.1, -0.05) is 6.92 Å². The number of halogens is 1. The zero-order valence-electron chi connectivity index (χ0n) is 15.2. The van der Waals surface area contributed by atoms with Gasteiger partial charge in [0.2, 0.25) is 0 Å². The van der Waals surface area contributed by atoms with E-state index in [1.165, 1.54) is 25.0 Å². The number of hydrogen-bond acceptors (Lipinski definition) is 2. The lowest BCUT2D eigenvalue weighted by Gasteiger charge is -2.33. The Labute approximate surface area is 157 Å². The molecule has 1 N–H and O–H groups in total. The molecule has 0 unspecified atom stereocenters. The van der Waals surface area contributed by atoms with Crippen molar-refractivity contribution >= 4 is 11.0 Å². The Morgan fingerprint density at radius 1 is 1.11 bits per heavy atom. The number of pyridine rings is 1. The quantitative estimate of drug-likeness (QED) is 0.538. The molecule has 4 nitrogen and oxygen atoms in total. The van der Waals surface area contributed by atoms with Crippen molar-refractivity contribution in [2.75, 3.05) is 0 Å². The molecule has 1 aromatic carbocycles. The molecule has 0 spiro atoms. The molecule has 3 heterocycles. The van der Waals surface area contributed by atoms with Gasteiger partial charge in [0.25, 0.3) is 0 Å². The fourth-order valence-corrected chi connectivity index (χ4v) is 4.29. The van der Waals surface area contributed by atoms with Crippen LogP contribution in [0.1, 0.15) is 19.8 Å². The molecule has 1 saturated carbocycles. The first kappa shape index (κ1) is 16.2. The smallest absolute Gasteiger partial charge is 0.137 e. The van der Waals surface area contributed by atoms with E-state index in [1.807, 2.05) is 24.8 Å². The molecule has 1 aliphatic carbocycles. The predicted molar refractivity (Wildman–Crippen MR) is 105 cm³/mol. The van der Waals surface area contributed by atoms with Gasteiger partial charge in [-0.2, -0.15) is 0 Å². The van der Waals surface area contributed by atoms with E-state index in [9.17, 15) is 4.39 Å². The third-order valence-corrected chi connectivity index (χ3v) is 5.60. The van der Waals surface area contributed by atoms with Crippen molar-refractivity contribution < 1.29 is 4.39 Å². The van der Waals surface area contributed by atoms with Crippen molar-refractivity contribution in [3.63, 3.8) is 0 Å². The lowest BCUT2D eigenvalue weighted by atomic mass is 9.76. The Morgan fingerprint density at radius 3 is 2.70 bits per heavy atom. The summed E-state index contributed by atoms with van der Waals surface area (Å²) in [6.07, 6.45) is 8.19. The molecule has 3 aromatic heterocycles. The van der Waals surface area contributed by atoms with Crippen molar-refractivity contribution in [1.82, 2.24) is 19.5 Å². The number of nitrogens with zero attached hydrogens (tertiary/aromatic N) is 3. The number of fused-ring (bicyclic) bond motifs is 1. The monoisotopic (exact) mass is 360 g/mol. The Balaban J connectivity index is 1.67. The molecule has 0 amide bonds. The molecule has 1 fully saturated rings. The van der Waals surface area contributed by atoms with Gasteiger partial charge in [-0.3, -0.25) is 0 Å². The van der Waals surface area contributed by atoms with Crippen LogP contribution < -0.4 is 0 Å². The first-order valence-corrected chi connectivity index (χ1v) is 9.42. The molecule has 0 bridgehead atoms. The van der Waals surface area contributed by atoms with Crippen molar-refractivity contribution in [1.29, 1.82) is 0 Å². The first-order valence-electron chi connectivity index (χ1n) is 9.42. The second kappa shape index (κ2) is 6.34. The SMILES string of the molecule is CC1CC(Cn2cnc(-c3ccc(F)cc3)c2-c2ccnc3[nH]ccc23)C1. The number of H-pyrrole nitrogens is 1. The van der Waals surface area contributed by atoms with Crippen LogP contribution in [0.15, 0.2) is 55.1 Å². The molecule has 1 aliphatic rings. The molecule has 5 rings (SSSR count). The zero-order chi connectivity index (χ0) is 18.4. The molecule has 136 valence electrons. The van der Waals surface area contributed by atoms with E-state index in [1.54, 1.807) is 12.1 Å². The maximum absolute atomic E-state index is 13.4. The normalized spacial score (nSPS) is 19.3. The van der Waals surface area contributed by atoms with Gasteiger partial charge in [-0.05, 0) is 61.1 Å². The van der Waals surface area contributed by atoms with Gasteiger partial charge in [-0.25, -0.2) is 14.4 Å². The van der Waals surface area contributed by atoms with E-state index in [4.69, 9.17) is 4.98 Å². The summed E-state index contributed by atoms with van der Waals surface area (Å²) >= 11 is 0. The molecular weight excluding hydrogens is 339 g/mol. The van der Waals surface area contributed by atoms with Crippen LogP contribution in [0.3, 0.4) is 0 Å². The lowest BCUT2D eigenvalue weighted by molar-refractivity contribution is 0.188. The van der Waals surface area contributed by atoms with Crippen LogP contribution in [0.2, 0.25) is 0 Å². The van der Waals surface area contributed by atoms with Crippen molar-refractivity contribution in [2.45, 2.75) is 26.3 Å². The van der Waals surface area contributed by atoms with Crippen molar-refractivity contribution in [3.8, 4) is 22.5 Å². The number of nitrogens with one attached hydrogen (secondary N) is 1. The number of hydrogen-bond donors (Lipinski definition) is 1. The molecular formula is C22H21FN4. The molecule has 0 atom stereocenters. The summed E-state index contributed by atoms with van der Waals surface area (Å²) in [5, 5.41) is 1.07. The van der Waals surface area contributed by atoms with Gasteiger partial charge in [0.05, 0.1) is 17.7 Å². The highest BCUT2D eigenvalue weighted by Gasteiger charge is 2.27. The van der Waals surface area contributed by atoms with Crippen LogP contribution in [0.25, 0.3) is 33.5 Å². The van der Waals surface area contributed by atoms with Crippen molar-refractivity contribution in [3.05, 3.63) is 60.9 Å². The van der Waals surface area contributed by atoms with Crippen molar-refractivity contribution in [2.24, 2.45) is 11.8 Å². The van der Waals surface area contributed by atoms with E-state index in [0.717, 1.165) is 46.0 Å². The Bertz CT molecular complexity index is 1090. The van der Waals surface area contributed by atoms with E-state index in [0.29, 0.717) is 5.92 Å². The Hall–Kier alpha value is -2.95. The number of benzene rings is 1. The second-order valence-corrected chi connectivity index (χ2v) is 7.64. The summed E-state index contributed by atoms with van der Waals surface area (Å²) in [6.45, 7) is 3.27. The Kier molecular flexibility index (Phi) is 3.81. The molecule has 5 heteroatoms. The second-order valence-electron chi connectivity index (χ2n) is 7.64. The molecule has 4 aromatic rings. The average molecular weight is 360 g/mol. The van der Waals surface area contributed by atoms with Crippen LogP contribution >= 0.6 is 0 Å². The van der Waals surface area contributed by atoms with Crippen LogP contribution in [0.5, 0.6) is 0 Å². The maximum atomic E-state index is 13.4. The summed E-state index contributed by atoms with van der Waals surface area (Å²) in [6, 6.07) is 10.7. The van der Waals surface area contributed by atoms with Gasteiger partial charge in [0.15, 0.2) is 0 Å². The summed E-state index contributed by atoms with van der Waals surface area (Å²) in [5.74, 6) is 1.27. The van der Waals surface area contributed by atoms with Crippen LogP contribution in [-0.4, -0.2) is 19.5 Å². The predicted octanol–water partition coefficient (Wildman–Crippen LogP) is 5.28. The van der Waals surface area contributed by atoms with E-state index in [-0.39, 0.29) is 5.82 Å². The fraction of sp³-hybridized carbons (Fsp3) is 0.273. The van der Waals surface area contributed by atoms with Gasteiger partial charge in [-0.15, -0.1) is 0 Å². The third-order valence-electron chi connectivity index (χ3n) is 5.60.